The van der Waals surface area contributed by atoms with Gasteiger partial charge in [-0.15, -0.1) is 0 Å². The molecule has 0 aliphatic carbocycles. The lowest BCUT2D eigenvalue weighted by Gasteiger charge is -2.12. The summed E-state index contributed by atoms with van der Waals surface area (Å²) >= 11 is 0. The second kappa shape index (κ2) is 5.87. The molecule has 1 rings (SSSR count). The molecule has 0 aliphatic rings. The number of carbonyl (C=O) groups is 1. The smallest absolute Gasteiger partial charge is 0.205 e. The molecule has 0 bridgehead atoms. The van der Waals surface area contributed by atoms with Gasteiger partial charge < -0.3 is 9.80 Å². The highest BCUT2D eigenvalue weighted by Crippen LogP contribution is 2.15. The van der Waals surface area contributed by atoms with Crippen LogP contribution in [-0.2, 0) is 0 Å². The SMILES string of the molecule is CN(C)/C=C(\C#N)C(=O)c1ccc(N(C)C)cc1. The van der Waals surface area contributed by atoms with E-state index in [4.69, 9.17) is 5.26 Å². The first kappa shape index (κ1) is 13.8. The fraction of sp³-hybridized carbons (Fsp3) is 0.286. The molecule has 1 aromatic carbocycles. The van der Waals surface area contributed by atoms with Crippen molar-refractivity contribution >= 4 is 11.5 Å². The molecule has 94 valence electrons. The molecule has 0 aliphatic heterocycles. The van der Waals surface area contributed by atoms with E-state index >= 15 is 0 Å². The van der Waals surface area contributed by atoms with E-state index in [0.29, 0.717) is 5.56 Å². The van der Waals surface area contributed by atoms with E-state index < -0.39 is 0 Å². The molecule has 0 heterocycles. The number of nitriles is 1. The van der Waals surface area contributed by atoms with E-state index in [0.717, 1.165) is 5.69 Å². The Bertz CT molecular complexity index is 493. The highest BCUT2D eigenvalue weighted by molar-refractivity contribution is 6.11. The third kappa shape index (κ3) is 3.36. The highest BCUT2D eigenvalue weighted by atomic mass is 16.1. The minimum absolute atomic E-state index is 0.137. The number of rotatable bonds is 4. The van der Waals surface area contributed by atoms with Crippen LogP contribution in [0.1, 0.15) is 10.4 Å². The molecule has 4 heteroatoms. The largest absolute Gasteiger partial charge is 0.382 e. The van der Waals surface area contributed by atoms with Gasteiger partial charge >= 0.3 is 0 Å². The van der Waals surface area contributed by atoms with Crippen LogP contribution in [0.5, 0.6) is 0 Å². The first-order valence-electron chi connectivity index (χ1n) is 5.56. The van der Waals surface area contributed by atoms with Crippen molar-refractivity contribution in [3.63, 3.8) is 0 Å². The summed E-state index contributed by atoms with van der Waals surface area (Å²) in [4.78, 5) is 15.7. The summed E-state index contributed by atoms with van der Waals surface area (Å²) in [5.41, 5.74) is 1.68. The van der Waals surface area contributed by atoms with Gasteiger partial charge in [0.1, 0.15) is 11.6 Å². The van der Waals surface area contributed by atoms with Crippen LogP contribution in [0, 0.1) is 11.3 Å². The van der Waals surface area contributed by atoms with Crippen molar-refractivity contribution in [3.05, 3.63) is 41.6 Å². The van der Waals surface area contributed by atoms with Crippen LogP contribution in [0.25, 0.3) is 0 Å². The van der Waals surface area contributed by atoms with Gasteiger partial charge in [0.2, 0.25) is 5.78 Å². The molecule has 0 radical (unpaired) electrons. The van der Waals surface area contributed by atoms with E-state index in [1.54, 1.807) is 31.1 Å². The molecule has 0 N–H and O–H groups in total. The maximum absolute atomic E-state index is 12.1. The summed E-state index contributed by atoms with van der Waals surface area (Å²) in [6.07, 6.45) is 1.53. The molecule has 0 amide bonds. The van der Waals surface area contributed by atoms with Gasteiger partial charge in [-0.1, -0.05) is 0 Å². The lowest BCUT2D eigenvalue weighted by Crippen LogP contribution is -2.10. The predicted molar refractivity (Wildman–Crippen MR) is 72.5 cm³/mol. The Morgan fingerprint density at radius 2 is 1.72 bits per heavy atom. The van der Waals surface area contributed by atoms with E-state index in [1.165, 1.54) is 6.20 Å². The highest BCUT2D eigenvalue weighted by Gasteiger charge is 2.12. The van der Waals surface area contributed by atoms with Crippen molar-refractivity contribution in [2.75, 3.05) is 33.1 Å². The number of hydrogen-bond acceptors (Lipinski definition) is 4. The second-order valence-corrected chi connectivity index (χ2v) is 4.39. The molecule has 18 heavy (non-hydrogen) atoms. The van der Waals surface area contributed by atoms with Gasteiger partial charge in [-0.2, -0.15) is 5.26 Å². The molecule has 0 atom stereocenters. The van der Waals surface area contributed by atoms with E-state index in [9.17, 15) is 4.79 Å². The van der Waals surface area contributed by atoms with Crippen LogP contribution in [0.3, 0.4) is 0 Å². The van der Waals surface area contributed by atoms with Crippen LogP contribution in [0.15, 0.2) is 36.0 Å². The van der Waals surface area contributed by atoms with Gasteiger partial charge in [0.25, 0.3) is 0 Å². The average molecular weight is 243 g/mol. The van der Waals surface area contributed by atoms with Gasteiger partial charge in [0.15, 0.2) is 0 Å². The number of nitrogens with zero attached hydrogens (tertiary/aromatic N) is 3. The lowest BCUT2D eigenvalue weighted by atomic mass is 10.0. The van der Waals surface area contributed by atoms with Crippen LogP contribution in [0.2, 0.25) is 0 Å². The van der Waals surface area contributed by atoms with Crippen LogP contribution >= 0.6 is 0 Å². The summed E-state index contributed by atoms with van der Waals surface area (Å²) in [5, 5.41) is 8.98. The Kier molecular flexibility index (Phi) is 4.50. The standard InChI is InChI=1S/C14H17N3O/c1-16(2)10-12(9-15)14(18)11-5-7-13(8-6-11)17(3)4/h5-8,10H,1-4H3/b12-10+. The zero-order chi connectivity index (χ0) is 13.7. The summed E-state index contributed by atoms with van der Waals surface area (Å²) in [5.74, 6) is -0.253. The molecule has 0 unspecified atom stereocenters. The molecule has 0 saturated heterocycles. The van der Waals surface area contributed by atoms with Gasteiger partial charge in [-0.25, -0.2) is 0 Å². The van der Waals surface area contributed by atoms with Gasteiger partial charge in [-0.05, 0) is 24.3 Å². The van der Waals surface area contributed by atoms with Gasteiger partial charge in [0, 0.05) is 45.6 Å². The maximum atomic E-state index is 12.1. The normalized spacial score (nSPS) is 10.7. The van der Waals surface area contributed by atoms with Gasteiger partial charge in [0.05, 0.1) is 0 Å². The molecule has 4 nitrogen and oxygen atoms in total. The van der Waals surface area contributed by atoms with Crippen LogP contribution < -0.4 is 4.90 Å². The molecule has 0 spiro atoms. The number of benzene rings is 1. The van der Waals surface area contributed by atoms with Crippen molar-refractivity contribution in [2.24, 2.45) is 0 Å². The summed E-state index contributed by atoms with van der Waals surface area (Å²) < 4.78 is 0. The maximum Gasteiger partial charge on any atom is 0.205 e. The number of ketones is 1. The van der Waals surface area contributed by atoms with Crippen molar-refractivity contribution in [1.82, 2.24) is 4.90 Å². The molecule has 0 saturated carbocycles. The number of Topliss-reactive ketones (excluding diaryl/α,β-unsaturated/α-hetero) is 1. The zero-order valence-electron chi connectivity index (χ0n) is 11.1. The molecular formula is C14H17N3O. The Morgan fingerprint density at radius 3 is 2.11 bits per heavy atom. The van der Waals surface area contributed by atoms with E-state index in [-0.39, 0.29) is 11.4 Å². The first-order chi connectivity index (χ1) is 8.45. The number of hydrogen-bond donors (Lipinski definition) is 0. The summed E-state index contributed by atoms with van der Waals surface area (Å²) in [6.45, 7) is 0. The van der Waals surface area contributed by atoms with E-state index in [2.05, 4.69) is 0 Å². The summed E-state index contributed by atoms with van der Waals surface area (Å²) in [6, 6.07) is 9.12. The average Bonchev–Trinajstić information content (AvgIpc) is 2.35. The molecule has 1 aromatic rings. The quantitative estimate of drug-likeness (QED) is 0.460. The summed E-state index contributed by atoms with van der Waals surface area (Å²) in [7, 11) is 7.42. The van der Waals surface area contributed by atoms with E-state index in [1.807, 2.05) is 37.2 Å². The van der Waals surface area contributed by atoms with Crippen molar-refractivity contribution in [2.45, 2.75) is 0 Å². The number of carbonyl (C=O) groups excluding carboxylic acids is 1. The molecule has 0 aromatic heterocycles. The topological polar surface area (TPSA) is 47.3 Å². The van der Waals surface area contributed by atoms with Crippen molar-refractivity contribution in [3.8, 4) is 6.07 Å². The second-order valence-electron chi connectivity index (χ2n) is 4.39. The number of anilines is 1. The van der Waals surface area contributed by atoms with Crippen LogP contribution in [0.4, 0.5) is 5.69 Å². The Hall–Kier alpha value is -2.28. The monoisotopic (exact) mass is 243 g/mol. The van der Waals surface area contributed by atoms with Gasteiger partial charge in [-0.3, -0.25) is 4.79 Å². The molecular weight excluding hydrogens is 226 g/mol. The Labute approximate surface area is 108 Å². The van der Waals surface area contributed by atoms with Crippen molar-refractivity contribution < 1.29 is 4.79 Å². The lowest BCUT2D eigenvalue weighted by molar-refractivity contribution is 0.103. The zero-order valence-corrected chi connectivity index (χ0v) is 11.1. The minimum atomic E-state index is -0.253. The first-order valence-corrected chi connectivity index (χ1v) is 5.56. The van der Waals surface area contributed by atoms with Crippen molar-refractivity contribution in [1.29, 1.82) is 5.26 Å². The fourth-order valence-electron chi connectivity index (χ4n) is 1.46. The minimum Gasteiger partial charge on any atom is -0.382 e. The fourth-order valence-corrected chi connectivity index (χ4v) is 1.46. The number of allylic oxidation sites excluding steroid dienone is 1. The third-order valence-electron chi connectivity index (χ3n) is 2.40. The Morgan fingerprint density at radius 1 is 1.17 bits per heavy atom. The third-order valence-corrected chi connectivity index (χ3v) is 2.40. The molecule has 0 fully saturated rings. The predicted octanol–water partition coefficient (Wildman–Crippen LogP) is 1.90. The Balaban J connectivity index is 3.01. The van der Waals surface area contributed by atoms with Crippen LogP contribution in [-0.4, -0.2) is 38.9 Å².